The van der Waals surface area contributed by atoms with E-state index in [4.69, 9.17) is 9.47 Å². The fourth-order valence-corrected chi connectivity index (χ4v) is 4.17. The van der Waals surface area contributed by atoms with Crippen LogP contribution < -0.4 is 0 Å². The van der Waals surface area contributed by atoms with Crippen molar-refractivity contribution in [2.75, 3.05) is 46.6 Å². The molecule has 1 amide bonds. The molecule has 0 bridgehead atoms. The summed E-state index contributed by atoms with van der Waals surface area (Å²) in [6, 6.07) is -0.198. The normalized spacial score (nSPS) is 32.3. The van der Waals surface area contributed by atoms with Gasteiger partial charge in [0.15, 0.2) is 0 Å². The molecule has 0 aromatic carbocycles. The third-order valence-corrected chi connectivity index (χ3v) is 5.61. The van der Waals surface area contributed by atoms with Crippen LogP contribution in [0.1, 0.15) is 32.1 Å². The molecule has 0 aromatic heterocycles. The maximum atomic E-state index is 12.8. The number of likely N-dealkylation sites (N-methyl/N-ethyl adjacent to an activating group) is 1. The molecule has 3 rings (SSSR count). The van der Waals surface area contributed by atoms with Gasteiger partial charge in [-0.3, -0.25) is 9.69 Å². The summed E-state index contributed by atoms with van der Waals surface area (Å²) in [7, 11) is 1.80. The third-order valence-electron chi connectivity index (χ3n) is 5.61. The number of hydrogen-bond donors (Lipinski definition) is 1. The fourth-order valence-electron chi connectivity index (χ4n) is 4.17. The second-order valence-corrected chi connectivity index (χ2v) is 6.88. The van der Waals surface area contributed by atoms with Gasteiger partial charge in [0.1, 0.15) is 0 Å². The molecular weight excluding hydrogens is 284 g/mol. The second-order valence-electron chi connectivity index (χ2n) is 6.88. The predicted octanol–water partition coefficient (Wildman–Crippen LogP) is 0.240. The van der Waals surface area contributed by atoms with Crippen LogP contribution in [0.3, 0.4) is 0 Å². The summed E-state index contributed by atoms with van der Waals surface area (Å²) in [4.78, 5) is 17.0. The zero-order valence-electron chi connectivity index (χ0n) is 13.5. The van der Waals surface area contributed by atoms with Gasteiger partial charge in [-0.05, 0) is 12.8 Å². The van der Waals surface area contributed by atoms with Gasteiger partial charge in [-0.15, -0.1) is 0 Å². The first kappa shape index (κ1) is 16.2. The van der Waals surface area contributed by atoms with Gasteiger partial charge in [0.05, 0.1) is 38.6 Å². The highest BCUT2D eigenvalue weighted by atomic mass is 16.5. The molecule has 3 aliphatic rings. The first-order chi connectivity index (χ1) is 10.6. The zero-order valence-corrected chi connectivity index (χ0v) is 13.5. The number of nitrogens with zero attached hydrogens (tertiary/aromatic N) is 2. The highest BCUT2D eigenvalue weighted by Gasteiger charge is 2.43. The largest absolute Gasteiger partial charge is 0.388 e. The fraction of sp³-hybridized carbons (Fsp3) is 0.938. The number of ether oxygens (including phenoxy) is 2. The second kappa shape index (κ2) is 6.83. The number of aliphatic hydroxyl groups is 1. The van der Waals surface area contributed by atoms with Gasteiger partial charge < -0.3 is 19.5 Å². The average molecular weight is 312 g/mol. The van der Waals surface area contributed by atoms with E-state index >= 15 is 0 Å². The Morgan fingerprint density at radius 2 is 1.91 bits per heavy atom. The van der Waals surface area contributed by atoms with Crippen LogP contribution in [0.15, 0.2) is 0 Å². The van der Waals surface area contributed by atoms with Crippen molar-refractivity contribution in [2.45, 2.75) is 49.8 Å². The first-order valence-electron chi connectivity index (χ1n) is 8.47. The van der Waals surface area contributed by atoms with E-state index in [1.807, 2.05) is 0 Å². The summed E-state index contributed by atoms with van der Waals surface area (Å²) >= 11 is 0. The highest BCUT2D eigenvalue weighted by Crippen LogP contribution is 2.39. The number of amides is 1. The molecule has 6 nitrogen and oxygen atoms in total. The Morgan fingerprint density at radius 3 is 2.50 bits per heavy atom. The van der Waals surface area contributed by atoms with Gasteiger partial charge >= 0.3 is 0 Å². The van der Waals surface area contributed by atoms with Gasteiger partial charge in [0.25, 0.3) is 0 Å². The minimum absolute atomic E-state index is 0.000459. The Morgan fingerprint density at radius 1 is 1.23 bits per heavy atom. The third kappa shape index (κ3) is 3.15. The lowest BCUT2D eigenvalue weighted by atomic mass is 9.89. The first-order valence-corrected chi connectivity index (χ1v) is 8.47. The minimum atomic E-state index is -0.558. The van der Waals surface area contributed by atoms with Crippen LogP contribution in [-0.4, -0.2) is 85.1 Å². The molecule has 22 heavy (non-hydrogen) atoms. The summed E-state index contributed by atoms with van der Waals surface area (Å²) in [5.41, 5.74) is -0.000459. The molecule has 1 aliphatic carbocycles. The Labute approximate surface area is 132 Å². The lowest BCUT2D eigenvalue weighted by Crippen LogP contribution is -2.55. The molecule has 2 saturated heterocycles. The molecule has 2 heterocycles. The zero-order chi connectivity index (χ0) is 15.6. The molecule has 1 saturated carbocycles. The topological polar surface area (TPSA) is 62.2 Å². The lowest BCUT2D eigenvalue weighted by Gasteiger charge is -2.44. The van der Waals surface area contributed by atoms with Crippen molar-refractivity contribution in [2.24, 2.45) is 0 Å². The van der Waals surface area contributed by atoms with Crippen molar-refractivity contribution < 1.29 is 19.4 Å². The van der Waals surface area contributed by atoms with E-state index in [2.05, 4.69) is 4.90 Å². The van der Waals surface area contributed by atoms with Crippen LogP contribution in [0.2, 0.25) is 0 Å². The molecule has 2 aliphatic heterocycles. The molecule has 6 heteroatoms. The molecule has 2 atom stereocenters. The SMILES string of the molecule is CN(C(=O)CC1(N2CCOCC2)CCCC1)[C@@H]1COC[C@H]1O. The Balaban J connectivity index is 1.66. The van der Waals surface area contributed by atoms with Gasteiger partial charge in [-0.2, -0.15) is 0 Å². The van der Waals surface area contributed by atoms with Crippen LogP contribution >= 0.6 is 0 Å². The summed E-state index contributed by atoms with van der Waals surface area (Å²) in [5, 5.41) is 9.94. The Hall–Kier alpha value is -0.690. The summed E-state index contributed by atoms with van der Waals surface area (Å²) < 4.78 is 10.7. The summed E-state index contributed by atoms with van der Waals surface area (Å²) in [6.45, 7) is 4.14. The van der Waals surface area contributed by atoms with Crippen molar-refractivity contribution >= 4 is 5.91 Å². The van der Waals surface area contributed by atoms with Crippen LogP contribution in [0.4, 0.5) is 0 Å². The van der Waals surface area contributed by atoms with Crippen molar-refractivity contribution in [3.63, 3.8) is 0 Å². The van der Waals surface area contributed by atoms with E-state index in [0.717, 1.165) is 39.1 Å². The van der Waals surface area contributed by atoms with E-state index in [1.165, 1.54) is 12.8 Å². The predicted molar refractivity (Wildman–Crippen MR) is 81.6 cm³/mol. The Kier molecular flexibility index (Phi) is 5.02. The number of carbonyl (C=O) groups is 1. The number of rotatable bonds is 4. The molecule has 0 spiro atoms. The summed E-state index contributed by atoms with van der Waals surface area (Å²) in [6.07, 6.45) is 4.57. The van der Waals surface area contributed by atoms with Crippen molar-refractivity contribution in [1.82, 2.24) is 9.80 Å². The number of carbonyl (C=O) groups excluding carboxylic acids is 1. The van der Waals surface area contributed by atoms with Crippen LogP contribution in [0.25, 0.3) is 0 Å². The number of aliphatic hydroxyl groups excluding tert-OH is 1. The van der Waals surface area contributed by atoms with Gasteiger partial charge in [-0.1, -0.05) is 12.8 Å². The smallest absolute Gasteiger partial charge is 0.224 e. The van der Waals surface area contributed by atoms with Crippen LogP contribution in [0, 0.1) is 0 Å². The quantitative estimate of drug-likeness (QED) is 0.806. The van der Waals surface area contributed by atoms with Crippen LogP contribution in [-0.2, 0) is 14.3 Å². The molecule has 1 N–H and O–H groups in total. The lowest BCUT2D eigenvalue weighted by molar-refractivity contribution is -0.138. The van der Waals surface area contributed by atoms with Crippen molar-refractivity contribution in [3.05, 3.63) is 0 Å². The number of morpholine rings is 1. The van der Waals surface area contributed by atoms with Gasteiger partial charge in [-0.25, -0.2) is 0 Å². The molecule has 3 fully saturated rings. The number of hydrogen-bond acceptors (Lipinski definition) is 5. The molecule has 126 valence electrons. The van der Waals surface area contributed by atoms with Crippen LogP contribution in [0.5, 0.6) is 0 Å². The highest BCUT2D eigenvalue weighted by molar-refractivity contribution is 5.77. The van der Waals surface area contributed by atoms with E-state index < -0.39 is 6.10 Å². The molecular formula is C16H28N2O4. The summed E-state index contributed by atoms with van der Waals surface area (Å²) in [5.74, 6) is 0.128. The molecule has 0 radical (unpaired) electrons. The maximum absolute atomic E-state index is 12.8. The van der Waals surface area contributed by atoms with E-state index in [1.54, 1.807) is 11.9 Å². The minimum Gasteiger partial charge on any atom is -0.388 e. The molecule has 0 unspecified atom stereocenters. The monoisotopic (exact) mass is 312 g/mol. The standard InChI is InChI=1S/C16H28N2O4/c1-17(13-11-22-12-14(13)19)15(20)10-16(4-2-3-5-16)18-6-8-21-9-7-18/h13-14,19H,2-12H2,1H3/t13-,14-/m1/s1. The Bertz CT molecular complexity index is 392. The maximum Gasteiger partial charge on any atom is 0.224 e. The van der Waals surface area contributed by atoms with Gasteiger partial charge in [0, 0.05) is 32.1 Å². The van der Waals surface area contributed by atoms with E-state index in [0.29, 0.717) is 19.6 Å². The van der Waals surface area contributed by atoms with Crippen molar-refractivity contribution in [3.8, 4) is 0 Å². The van der Waals surface area contributed by atoms with E-state index in [-0.39, 0.29) is 17.5 Å². The van der Waals surface area contributed by atoms with Gasteiger partial charge in [0.2, 0.25) is 5.91 Å². The molecule has 0 aromatic rings. The van der Waals surface area contributed by atoms with Crippen molar-refractivity contribution in [1.29, 1.82) is 0 Å². The average Bonchev–Trinajstić information content (AvgIpc) is 3.17. The van der Waals surface area contributed by atoms with E-state index in [9.17, 15) is 9.90 Å².